The predicted octanol–water partition coefficient (Wildman–Crippen LogP) is 1.06. The molecule has 0 saturated carbocycles. The summed E-state index contributed by atoms with van der Waals surface area (Å²) in [6.45, 7) is 0.00476. The van der Waals surface area contributed by atoms with E-state index < -0.39 is 5.97 Å². The van der Waals surface area contributed by atoms with Crippen molar-refractivity contribution in [1.82, 2.24) is 10.4 Å². The quantitative estimate of drug-likeness (QED) is 0.414. The van der Waals surface area contributed by atoms with E-state index in [2.05, 4.69) is 20.5 Å². The number of rotatable bonds is 6. The van der Waals surface area contributed by atoms with Gasteiger partial charge in [-0.25, -0.2) is 9.78 Å². The Morgan fingerprint density at radius 3 is 2.48 bits per heavy atom. The average molecular weight is 316 g/mol. The van der Waals surface area contributed by atoms with Crippen LogP contribution < -0.4 is 21.3 Å². The lowest BCUT2D eigenvalue weighted by molar-refractivity contribution is -0.115. The number of carbonyl (C=O) groups is 2. The van der Waals surface area contributed by atoms with Gasteiger partial charge in [-0.15, -0.1) is 0 Å². The Labute approximate surface area is 132 Å². The number of methoxy groups -OCH3 is 1. The highest BCUT2D eigenvalue weighted by Gasteiger charge is 2.06. The number of nitrogens with two attached hydrogens (primary N) is 1. The van der Waals surface area contributed by atoms with Crippen LogP contribution in [0.1, 0.15) is 10.4 Å². The molecule has 2 aromatic rings. The second-order valence-electron chi connectivity index (χ2n) is 4.43. The standard InChI is InChI=1S/C15H16N4O4/c1-22-15(21)10-2-5-12(6-3-10)23-14-7-4-11(8-17-14)19-13(20)9-18-16/h2-8,18H,9,16H2,1H3,(H,19,20). The maximum absolute atomic E-state index is 11.3. The Hall–Kier alpha value is -2.97. The van der Waals surface area contributed by atoms with Crippen LogP contribution in [0.5, 0.6) is 11.6 Å². The van der Waals surface area contributed by atoms with Crippen LogP contribution in [0.4, 0.5) is 5.69 Å². The van der Waals surface area contributed by atoms with E-state index in [1.54, 1.807) is 36.4 Å². The number of nitrogens with zero attached hydrogens (tertiary/aromatic N) is 1. The van der Waals surface area contributed by atoms with Crippen molar-refractivity contribution in [3.8, 4) is 11.6 Å². The van der Waals surface area contributed by atoms with Crippen LogP contribution in [-0.2, 0) is 9.53 Å². The van der Waals surface area contributed by atoms with E-state index >= 15 is 0 Å². The molecule has 0 fully saturated rings. The number of hydrazine groups is 1. The van der Waals surface area contributed by atoms with E-state index in [9.17, 15) is 9.59 Å². The Morgan fingerprint density at radius 2 is 1.91 bits per heavy atom. The number of ether oxygens (including phenoxy) is 2. The molecule has 120 valence electrons. The summed E-state index contributed by atoms with van der Waals surface area (Å²) in [4.78, 5) is 26.8. The maximum Gasteiger partial charge on any atom is 0.337 e. The Morgan fingerprint density at radius 1 is 1.17 bits per heavy atom. The molecule has 0 aliphatic carbocycles. The molecule has 0 aliphatic rings. The molecule has 1 aromatic heterocycles. The van der Waals surface area contributed by atoms with E-state index in [0.29, 0.717) is 22.9 Å². The first-order valence-electron chi connectivity index (χ1n) is 6.68. The van der Waals surface area contributed by atoms with Crippen molar-refractivity contribution in [3.05, 3.63) is 48.2 Å². The van der Waals surface area contributed by atoms with Crippen molar-refractivity contribution in [2.45, 2.75) is 0 Å². The van der Waals surface area contributed by atoms with Crippen LogP contribution in [0.3, 0.4) is 0 Å². The van der Waals surface area contributed by atoms with Crippen LogP contribution in [-0.4, -0.2) is 30.5 Å². The van der Waals surface area contributed by atoms with Crippen molar-refractivity contribution in [2.75, 3.05) is 19.0 Å². The lowest BCUT2D eigenvalue weighted by Crippen LogP contribution is -2.32. The molecule has 2 rings (SSSR count). The zero-order valence-corrected chi connectivity index (χ0v) is 12.4. The summed E-state index contributed by atoms with van der Waals surface area (Å²) in [5.74, 6) is 5.24. The number of nitrogens with one attached hydrogen (secondary N) is 2. The number of aromatic nitrogens is 1. The van der Waals surface area contributed by atoms with Gasteiger partial charge in [-0.05, 0) is 30.3 Å². The second-order valence-corrected chi connectivity index (χ2v) is 4.43. The van der Waals surface area contributed by atoms with Crippen LogP contribution in [0.15, 0.2) is 42.6 Å². The summed E-state index contributed by atoms with van der Waals surface area (Å²) in [5, 5.41) is 2.61. The average Bonchev–Trinajstić information content (AvgIpc) is 2.57. The summed E-state index contributed by atoms with van der Waals surface area (Å²) < 4.78 is 10.2. The van der Waals surface area contributed by atoms with Crippen molar-refractivity contribution in [3.63, 3.8) is 0 Å². The minimum absolute atomic E-state index is 0.00476. The third kappa shape index (κ3) is 4.77. The fourth-order valence-electron chi connectivity index (χ4n) is 1.71. The first-order chi connectivity index (χ1) is 11.1. The number of anilines is 1. The molecule has 0 radical (unpaired) electrons. The first-order valence-corrected chi connectivity index (χ1v) is 6.68. The second kappa shape index (κ2) is 7.87. The molecule has 0 spiro atoms. The Balaban J connectivity index is 1.98. The monoisotopic (exact) mass is 316 g/mol. The van der Waals surface area contributed by atoms with Crippen molar-refractivity contribution in [2.24, 2.45) is 5.84 Å². The van der Waals surface area contributed by atoms with E-state index in [-0.39, 0.29) is 12.5 Å². The first kappa shape index (κ1) is 16.4. The highest BCUT2D eigenvalue weighted by molar-refractivity contribution is 5.92. The zero-order chi connectivity index (χ0) is 16.7. The number of pyridine rings is 1. The smallest absolute Gasteiger partial charge is 0.337 e. The summed E-state index contributed by atoms with van der Waals surface area (Å²) in [6, 6.07) is 9.72. The SMILES string of the molecule is COC(=O)c1ccc(Oc2ccc(NC(=O)CNN)cn2)cc1. The Bertz CT molecular complexity index is 671. The fourth-order valence-corrected chi connectivity index (χ4v) is 1.71. The van der Waals surface area contributed by atoms with Gasteiger partial charge in [0.1, 0.15) is 5.75 Å². The molecule has 0 aliphatic heterocycles. The molecule has 23 heavy (non-hydrogen) atoms. The maximum atomic E-state index is 11.3. The molecule has 4 N–H and O–H groups in total. The summed E-state index contributed by atoms with van der Waals surface area (Å²) in [7, 11) is 1.32. The lowest BCUT2D eigenvalue weighted by Gasteiger charge is -2.07. The molecule has 0 atom stereocenters. The van der Waals surface area contributed by atoms with Crippen molar-refractivity contribution >= 4 is 17.6 Å². The number of esters is 1. The number of carbonyl (C=O) groups excluding carboxylic acids is 2. The van der Waals surface area contributed by atoms with Crippen molar-refractivity contribution in [1.29, 1.82) is 0 Å². The number of benzene rings is 1. The molecular weight excluding hydrogens is 300 g/mol. The normalized spacial score (nSPS) is 10.0. The third-order valence-electron chi connectivity index (χ3n) is 2.78. The van der Waals surface area contributed by atoms with Gasteiger partial charge in [0.2, 0.25) is 11.8 Å². The van der Waals surface area contributed by atoms with Gasteiger partial charge in [0, 0.05) is 6.07 Å². The fraction of sp³-hybridized carbons (Fsp3) is 0.133. The molecule has 8 nitrogen and oxygen atoms in total. The lowest BCUT2D eigenvalue weighted by atomic mass is 10.2. The van der Waals surface area contributed by atoms with Gasteiger partial charge in [0.15, 0.2) is 0 Å². The largest absolute Gasteiger partial charge is 0.465 e. The van der Waals surface area contributed by atoms with Crippen LogP contribution in [0.2, 0.25) is 0 Å². The number of hydrogen-bond acceptors (Lipinski definition) is 7. The molecule has 8 heteroatoms. The van der Waals surface area contributed by atoms with Gasteiger partial charge >= 0.3 is 5.97 Å². The zero-order valence-electron chi connectivity index (χ0n) is 12.4. The molecular formula is C15H16N4O4. The van der Waals surface area contributed by atoms with Gasteiger partial charge < -0.3 is 14.8 Å². The van der Waals surface area contributed by atoms with Gasteiger partial charge in [-0.1, -0.05) is 0 Å². The molecule has 1 heterocycles. The number of hydrogen-bond donors (Lipinski definition) is 3. The van der Waals surface area contributed by atoms with Crippen LogP contribution in [0, 0.1) is 0 Å². The highest BCUT2D eigenvalue weighted by Crippen LogP contribution is 2.21. The summed E-state index contributed by atoms with van der Waals surface area (Å²) in [6.07, 6.45) is 1.46. The van der Waals surface area contributed by atoms with Gasteiger partial charge in [-0.3, -0.25) is 16.1 Å². The van der Waals surface area contributed by atoms with Crippen molar-refractivity contribution < 1.29 is 19.1 Å². The van der Waals surface area contributed by atoms with E-state index in [4.69, 9.17) is 10.6 Å². The van der Waals surface area contributed by atoms with Crippen LogP contribution >= 0.6 is 0 Å². The Kier molecular flexibility index (Phi) is 5.61. The topological polar surface area (TPSA) is 116 Å². The number of amides is 1. The minimum Gasteiger partial charge on any atom is -0.465 e. The molecule has 1 amide bonds. The minimum atomic E-state index is -0.415. The van der Waals surface area contributed by atoms with Gasteiger partial charge in [-0.2, -0.15) is 0 Å². The molecule has 1 aromatic carbocycles. The molecule has 0 bridgehead atoms. The van der Waals surface area contributed by atoms with Gasteiger partial charge in [0.25, 0.3) is 0 Å². The highest BCUT2D eigenvalue weighted by atomic mass is 16.5. The van der Waals surface area contributed by atoms with E-state index in [0.717, 1.165) is 0 Å². The van der Waals surface area contributed by atoms with Gasteiger partial charge in [0.05, 0.1) is 31.1 Å². The predicted molar refractivity (Wildman–Crippen MR) is 82.9 cm³/mol. The van der Waals surface area contributed by atoms with E-state index in [1.165, 1.54) is 13.3 Å². The summed E-state index contributed by atoms with van der Waals surface area (Å²) in [5.41, 5.74) is 3.21. The third-order valence-corrected chi connectivity index (χ3v) is 2.78. The summed E-state index contributed by atoms with van der Waals surface area (Å²) >= 11 is 0. The van der Waals surface area contributed by atoms with Crippen LogP contribution in [0.25, 0.3) is 0 Å². The molecule has 0 unspecified atom stereocenters. The molecule has 0 saturated heterocycles. The van der Waals surface area contributed by atoms with E-state index in [1.807, 2.05) is 0 Å².